The van der Waals surface area contributed by atoms with Gasteiger partial charge in [-0.2, -0.15) is 5.10 Å². The van der Waals surface area contributed by atoms with Gasteiger partial charge in [-0.15, -0.1) is 0 Å². The Morgan fingerprint density at radius 1 is 1.21 bits per heavy atom. The first kappa shape index (κ1) is 19.0. The molecule has 1 fully saturated rings. The van der Waals surface area contributed by atoms with E-state index in [4.69, 9.17) is 0 Å². The van der Waals surface area contributed by atoms with Crippen molar-refractivity contribution in [1.29, 1.82) is 0 Å². The molecular formula is C23H32N4O. The van der Waals surface area contributed by atoms with Crippen LogP contribution in [0.15, 0.2) is 36.5 Å². The Labute approximate surface area is 168 Å². The maximum absolute atomic E-state index is 13.6. The molecule has 0 aliphatic carbocycles. The predicted octanol–water partition coefficient (Wildman–Crippen LogP) is 4.97. The maximum atomic E-state index is 13.6. The van der Waals surface area contributed by atoms with Gasteiger partial charge in [-0.25, -0.2) is 4.68 Å². The number of hydrogen-bond donors (Lipinski definition) is 1. The number of rotatable bonds is 4. The van der Waals surface area contributed by atoms with E-state index in [1.807, 2.05) is 10.7 Å². The van der Waals surface area contributed by atoms with E-state index in [-0.39, 0.29) is 23.0 Å². The second kappa shape index (κ2) is 6.94. The molecule has 1 atom stereocenters. The number of amides is 1. The van der Waals surface area contributed by atoms with Crippen LogP contribution < -0.4 is 5.32 Å². The SMILES string of the molecule is CCC1(CC)CCCN1C(=O)c1cnn2c1N[C@@H](c1ccccc1)CC2(C)C. The molecular weight excluding hydrogens is 348 g/mol. The van der Waals surface area contributed by atoms with Crippen molar-refractivity contribution in [3.63, 3.8) is 0 Å². The third-order valence-corrected chi connectivity index (χ3v) is 6.95. The van der Waals surface area contributed by atoms with Gasteiger partial charge in [-0.1, -0.05) is 44.2 Å². The zero-order chi connectivity index (χ0) is 19.9. The van der Waals surface area contributed by atoms with Crippen molar-refractivity contribution in [2.45, 2.75) is 76.9 Å². The Hall–Kier alpha value is -2.30. The zero-order valence-electron chi connectivity index (χ0n) is 17.5. The molecule has 0 bridgehead atoms. The number of aromatic nitrogens is 2. The first-order chi connectivity index (χ1) is 13.4. The van der Waals surface area contributed by atoms with E-state index in [9.17, 15) is 4.79 Å². The van der Waals surface area contributed by atoms with Crippen LogP contribution in [0.2, 0.25) is 0 Å². The van der Waals surface area contributed by atoms with Crippen LogP contribution in [0.1, 0.15) is 81.8 Å². The lowest BCUT2D eigenvalue weighted by Gasteiger charge is -2.40. The number of hydrogen-bond acceptors (Lipinski definition) is 3. The van der Waals surface area contributed by atoms with Gasteiger partial charge >= 0.3 is 0 Å². The smallest absolute Gasteiger partial charge is 0.259 e. The summed E-state index contributed by atoms with van der Waals surface area (Å²) in [5.41, 5.74) is 1.80. The third kappa shape index (κ3) is 2.92. The largest absolute Gasteiger partial charge is 0.363 e. The minimum absolute atomic E-state index is 0.00504. The molecule has 150 valence electrons. The first-order valence-corrected chi connectivity index (χ1v) is 10.6. The summed E-state index contributed by atoms with van der Waals surface area (Å²) >= 11 is 0. The molecule has 1 aromatic heterocycles. The molecule has 1 aromatic carbocycles. The highest BCUT2D eigenvalue weighted by molar-refractivity contribution is 5.99. The van der Waals surface area contributed by atoms with Gasteiger partial charge < -0.3 is 10.2 Å². The number of nitrogens with one attached hydrogen (secondary N) is 1. The zero-order valence-corrected chi connectivity index (χ0v) is 17.5. The topological polar surface area (TPSA) is 50.2 Å². The summed E-state index contributed by atoms with van der Waals surface area (Å²) in [6, 6.07) is 10.7. The van der Waals surface area contributed by atoms with Gasteiger partial charge in [0.2, 0.25) is 0 Å². The van der Waals surface area contributed by atoms with Crippen molar-refractivity contribution in [2.75, 3.05) is 11.9 Å². The molecule has 0 saturated carbocycles. The van der Waals surface area contributed by atoms with E-state index >= 15 is 0 Å². The van der Waals surface area contributed by atoms with Crippen LogP contribution in [0.5, 0.6) is 0 Å². The Kier molecular flexibility index (Phi) is 4.72. The van der Waals surface area contributed by atoms with Crippen LogP contribution in [0.4, 0.5) is 5.82 Å². The van der Waals surface area contributed by atoms with Crippen LogP contribution in [0.3, 0.4) is 0 Å². The van der Waals surface area contributed by atoms with Gasteiger partial charge in [0.15, 0.2) is 0 Å². The van der Waals surface area contributed by atoms with Gasteiger partial charge in [0.05, 0.1) is 17.8 Å². The molecule has 2 aromatic rings. The van der Waals surface area contributed by atoms with E-state index in [2.05, 4.69) is 67.3 Å². The van der Waals surface area contributed by atoms with E-state index in [1.54, 1.807) is 6.20 Å². The quantitative estimate of drug-likeness (QED) is 0.815. The van der Waals surface area contributed by atoms with E-state index < -0.39 is 0 Å². The number of fused-ring (bicyclic) bond motifs is 1. The first-order valence-electron chi connectivity index (χ1n) is 10.6. The number of likely N-dealkylation sites (tertiary alicyclic amines) is 1. The second-order valence-corrected chi connectivity index (χ2v) is 8.93. The molecule has 1 N–H and O–H groups in total. The van der Waals surface area contributed by atoms with Gasteiger partial charge in [0.1, 0.15) is 11.4 Å². The fourth-order valence-electron chi connectivity index (χ4n) is 5.18. The Morgan fingerprint density at radius 2 is 1.93 bits per heavy atom. The van der Waals surface area contributed by atoms with Crippen molar-refractivity contribution in [2.24, 2.45) is 0 Å². The summed E-state index contributed by atoms with van der Waals surface area (Å²) < 4.78 is 2.01. The van der Waals surface area contributed by atoms with Gasteiger partial charge in [0, 0.05) is 12.1 Å². The number of benzene rings is 1. The second-order valence-electron chi connectivity index (χ2n) is 8.93. The summed E-state index contributed by atoms with van der Waals surface area (Å²) in [5.74, 6) is 0.988. The van der Waals surface area contributed by atoms with Crippen LogP contribution in [-0.4, -0.2) is 32.7 Å². The molecule has 3 heterocycles. The fourth-order valence-corrected chi connectivity index (χ4v) is 5.18. The standard InChI is InChI=1S/C23H32N4O/c1-5-23(6-2)13-10-14-26(23)21(28)18-16-24-27-20(18)25-19(15-22(27,3)4)17-11-8-7-9-12-17/h7-9,11-12,16,19,25H,5-6,10,13-15H2,1-4H3/t19-/m1/s1. The van der Waals surface area contributed by atoms with E-state index in [0.717, 1.165) is 44.5 Å². The summed E-state index contributed by atoms with van der Waals surface area (Å²) in [4.78, 5) is 15.7. The van der Waals surface area contributed by atoms with E-state index in [0.29, 0.717) is 5.56 Å². The predicted molar refractivity (Wildman–Crippen MR) is 113 cm³/mol. The van der Waals surface area contributed by atoms with Crippen molar-refractivity contribution >= 4 is 11.7 Å². The highest BCUT2D eigenvalue weighted by Gasteiger charge is 2.43. The van der Waals surface area contributed by atoms with Crippen LogP contribution >= 0.6 is 0 Å². The van der Waals surface area contributed by atoms with Crippen molar-refractivity contribution in [3.05, 3.63) is 47.7 Å². The monoisotopic (exact) mass is 380 g/mol. The number of nitrogens with zero attached hydrogens (tertiary/aromatic N) is 3. The minimum Gasteiger partial charge on any atom is -0.363 e. The highest BCUT2D eigenvalue weighted by Crippen LogP contribution is 2.42. The molecule has 5 heteroatoms. The normalized spacial score (nSPS) is 22.6. The molecule has 2 aliphatic heterocycles. The number of carbonyl (C=O) groups is 1. The molecule has 0 spiro atoms. The molecule has 4 rings (SSSR count). The van der Waals surface area contributed by atoms with Gasteiger partial charge in [-0.05, 0) is 51.5 Å². The van der Waals surface area contributed by atoms with Crippen LogP contribution in [0.25, 0.3) is 0 Å². The van der Waals surface area contributed by atoms with E-state index in [1.165, 1.54) is 5.56 Å². The summed E-state index contributed by atoms with van der Waals surface area (Å²) in [7, 11) is 0. The molecule has 1 amide bonds. The number of anilines is 1. The molecule has 5 nitrogen and oxygen atoms in total. The number of carbonyl (C=O) groups excluding carboxylic acids is 1. The van der Waals surface area contributed by atoms with Gasteiger partial charge in [-0.3, -0.25) is 4.79 Å². The molecule has 1 saturated heterocycles. The summed E-state index contributed by atoms with van der Waals surface area (Å²) in [6.45, 7) is 9.65. The highest BCUT2D eigenvalue weighted by atomic mass is 16.2. The average Bonchev–Trinajstić information content (AvgIpc) is 3.33. The lowest BCUT2D eigenvalue weighted by molar-refractivity contribution is 0.0574. The Morgan fingerprint density at radius 3 is 2.61 bits per heavy atom. The lowest BCUT2D eigenvalue weighted by atomic mass is 9.88. The Balaban J connectivity index is 1.71. The molecule has 2 aliphatic rings. The molecule has 0 unspecified atom stereocenters. The minimum atomic E-state index is -0.156. The summed E-state index contributed by atoms with van der Waals surface area (Å²) in [6.07, 6.45) is 6.89. The van der Waals surface area contributed by atoms with Crippen molar-refractivity contribution < 1.29 is 4.79 Å². The van der Waals surface area contributed by atoms with Crippen molar-refractivity contribution in [1.82, 2.24) is 14.7 Å². The molecule has 0 radical (unpaired) electrons. The Bertz CT molecular complexity index is 851. The fraction of sp³-hybridized carbons (Fsp3) is 0.565. The maximum Gasteiger partial charge on any atom is 0.259 e. The van der Waals surface area contributed by atoms with Crippen LogP contribution in [-0.2, 0) is 5.54 Å². The average molecular weight is 381 g/mol. The van der Waals surface area contributed by atoms with Gasteiger partial charge in [0.25, 0.3) is 5.91 Å². The van der Waals surface area contributed by atoms with Crippen molar-refractivity contribution in [3.8, 4) is 0 Å². The summed E-state index contributed by atoms with van der Waals surface area (Å²) in [5, 5.41) is 8.27. The molecule has 28 heavy (non-hydrogen) atoms. The van der Waals surface area contributed by atoms with Crippen LogP contribution in [0, 0.1) is 0 Å². The lowest BCUT2D eigenvalue weighted by Crippen LogP contribution is -2.47. The third-order valence-electron chi connectivity index (χ3n) is 6.95.